The molecule has 2 rings (SSSR count). The number of hydrogen-bond acceptors (Lipinski definition) is 4. The van der Waals surface area contributed by atoms with Crippen LogP contribution in [0.4, 0.5) is 0 Å². The molecule has 1 atom stereocenters. The summed E-state index contributed by atoms with van der Waals surface area (Å²) in [7, 11) is 0. The molecule has 2 aromatic rings. The SMILES string of the molecule is CCOC(=O)C(CC)Oc1ccc2ncc(I)cc2c1. The molecule has 0 amide bonds. The van der Waals surface area contributed by atoms with Crippen LogP contribution in [0, 0.1) is 3.57 Å². The number of hydrogen-bond donors (Lipinski definition) is 0. The van der Waals surface area contributed by atoms with Gasteiger partial charge < -0.3 is 9.47 Å². The van der Waals surface area contributed by atoms with Gasteiger partial charge in [-0.2, -0.15) is 0 Å². The number of benzene rings is 1. The topological polar surface area (TPSA) is 48.4 Å². The van der Waals surface area contributed by atoms with Crippen molar-refractivity contribution in [3.05, 3.63) is 34.0 Å². The van der Waals surface area contributed by atoms with Gasteiger partial charge in [-0.1, -0.05) is 6.92 Å². The van der Waals surface area contributed by atoms with Crippen LogP contribution >= 0.6 is 22.6 Å². The Morgan fingerprint density at radius 1 is 1.35 bits per heavy atom. The molecule has 0 radical (unpaired) electrons. The lowest BCUT2D eigenvalue weighted by Crippen LogP contribution is -2.28. The molecule has 0 saturated carbocycles. The van der Waals surface area contributed by atoms with Crippen molar-refractivity contribution in [1.29, 1.82) is 0 Å². The van der Waals surface area contributed by atoms with Gasteiger partial charge in [-0.3, -0.25) is 4.98 Å². The van der Waals surface area contributed by atoms with Gasteiger partial charge in [-0.15, -0.1) is 0 Å². The summed E-state index contributed by atoms with van der Waals surface area (Å²) in [5, 5.41) is 0.994. The predicted octanol–water partition coefficient (Wildman–Crippen LogP) is 3.56. The number of fused-ring (bicyclic) bond motifs is 1. The zero-order valence-electron chi connectivity index (χ0n) is 11.4. The Bertz CT molecular complexity index is 615. The van der Waals surface area contributed by atoms with E-state index in [-0.39, 0.29) is 5.97 Å². The third-order valence-electron chi connectivity index (χ3n) is 2.82. The summed E-state index contributed by atoms with van der Waals surface area (Å²) in [4.78, 5) is 16.1. The Morgan fingerprint density at radius 3 is 2.85 bits per heavy atom. The first-order valence-electron chi connectivity index (χ1n) is 6.52. The van der Waals surface area contributed by atoms with Crippen molar-refractivity contribution in [2.75, 3.05) is 6.61 Å². The van der Waals surface area contributed by atoms with Crippen LogP contribution in [-0.2, 0) is 9.53 Å². The Labute approximate surface area is 131 Å². The fraction of sp³-hybridized carbons (Fsp3) is 0.333. The smallest absolute Gasteiger partial charge is 0.347 e. The van der Waals surface area contributed by atoms with Gasteiger partial charge in [-0.05, 0) is 60.2 Å². The number of rotatable bonds is 5. The summed E-state index contributed by atoms with van der Waals surface area (Å²) < 4.78 is 11.8. The highest BCUT2D eigenvalue weighted by molar-refractivity contribution is 14.1. The number of carbonyl (C=O) groups excluding carboxylic acids is 1. The molecular formula is C15H16INO3. The Morgan fingerprint density at radius 2 is 2.15 bits per heavy atom. The zero-order chi connectivity index (χ0) is 14.5. The van der Waals surface area contributed by atoms with Gasteiger partial charge in [-0.25, -0.2) is 4.79 Å². The molecule has 106 valence electrons. The van der Waals surface area contributed by atoms with E-state index < -0.39 is 6.10 Å². The molecule has 5 heteroatoms. The number of pyridine rings is 1. The minimum atomic E-state index is -0.567. The van der Waals surface area contributed by atoms with Crippen molar-refractivity contribution in [3.63, 3.8) is 0 Å². The molecule has 0 aliphatic rings. The summed E-state index contributed by atoms with van der Waals surface area (Å²) in [5.74, 6) is 0.331. The third kappa shape index (κ3) is 3.59. The van der Waals surface area contributed by atoms with Gasteiger partial charge in [0.05, 0.1) is 12.1 Å². The molecule has 1 unspecified atom stereocenters. The lowest BCUT2D eigenvalue weighted by molar-refractivity contribution is -0.151. The quantitative estimate of drug-likeness (QED) is 0.584. The number of esters is 1. The van der Waals surface area contributed by atoms with Crippen LogP contribution in [-0.4, -0.2) is 23.7 Å². The second-order valence-electron chi connectivity index (χ2n) is 4.27. The Balaban J connectivity index is 2.22. The first kappa shape index (κ1) is 15.0. The van der Waals surface area contributed by atoms with E-state index in [0.717, 1.165) is 14.5 Å². The molecule has 0 spiro atoms. The van der Waals surface area contributed by atoms with Gasteiger partial charge in [0, 0.05) is 15.2 Å². The van der Waals surface area contributed by atoms with E-state index in [1.807, 2.05) is 37.4 Å². The lowest BCUT2D eigenvalue weighted by atomic mass is 10.2. The maximum absolute atomic E-state index is 11.7. The number of carbonyl (C=O) groups is 1. The van der Waals surface area contributed by atoms with Crippen LogP contribution in [0.3, 0.4) is 0 Å². The minimum Gasteiger partial charge on any atom is -0.479 e. The minimum absolute atomic E-state index is 0.323. The van der Waals surface area contributed by atoms with Crippen molar-refractivity contribution in [2.24, 2.45) is 0 Å². The van der Waals surface area contributed by atoms with Crippen LogP contribution in [0.25, 0.3) is 10.9 Å². The highest BCUT2D eigenvalue weighted by Crippen LogP contribution is 2.22. The molecule has 4 nitrogen and oxygen atoms in total. The predicted molar refractivity (Wildman–Crippen MR) is 85.8 cm³/mol. The van der Waals surface area contributed by atoms with Crippen LogP contribution < -0.4 is 4.74 Å². The first-order valence-corrected chi connectivity index (χ1v) is 7.60. The molecule has 20 heavy (non-hydrogen) atoms. The summed E-state index contributed by atoms with van der Waals surface area (Å²) in [6, 6.07) is 7.64. The van der Waals surface area contributed by atoms with Gasteiger partial charge >= 0.3 is 5.97 Å². The summed E-state index contributed by atoms with van der Waals surface area (Å²) >= 11 is 2.22. The van der Waals surface area contributed by atoms with Crippen LogP contribution in [0.15, 0.2) is 30.5 Å². The van der Waals surface area contributed by atoms with Crippen molar-refractivity contribution in [1.82, 2.24) is 4.98 Å². The average molecular weight is 385 g/mol. The molecule has 1 heterocycles. The number of aromatic nitrogens is 1. The molecule has 0 fully saturated rings. The summed E-state index contributed by atoms with van der Waals surface area (Å²) in [6.45, 7) is 4.04. The summed E-state index contributed by atoms with van der Waals surface area (Å²) in [6.07, 6.45) is 1.82. The second-order valence-corrected chi connectivity index (χ2v) is 5.52. The maximum Gasteiger partial charge on any atom is 0.347 e. The molecule has 0 saturated heterocycles. The lowest BCUT2D eigenvalue weighted by Gasteiger charge is -2.16. The fourth-order valence-corrected chi connectivity index (χ4v) is 2.33. The molecule has 1 aromatic carbocycles. The molecule has 0 aliphatic heterocycles. The van der Waals surface area contributed by atoms with Crippen molar-refractivity contribution >= 4 is 39.5 Å². The van der Waals surface area contributed by atoms with E-state index in [4.69, 9.17) is 9.47 Å². The monoisotopic (exact) mass is 385 g/mol. The van der Waals surface area contributed by atoms with E-state index in [1.54, 1.807) is 6.92 Å². The normalized spacial score (nSPS) is 12.2. The fourth-order valence-electron chi connectivity index (χ4n) is 1.85. The zero-order valence-corrected chi connectivity index (χ0v) is 13.6. The van der Waals surface area contributed by atoms with E-state index in [0.29, 0.717) is 18.8 Å². The van der Waals surface area contributed by atoms with E-state index in [1.165, 1.54) is 0 Å². The number of ether oxygens (including phenoxy) is 2. The highest BCUT2D eigenvalue weighted by atomic mass is 127. The average Bonchev–Trinajstić information content (AvgIpc) is 2.44. The van der Waals surface area contributed by atoms with Gasteiger partial charge in [0.25, 0.3) is 0 Å². The van der Waals surface area contributed by atoms with Crippen LogP contribution in [0.2, 0.25) is 0 Å². The van der Waals surface area contributed by atoms with Crippen molar-refractivity contribution < 1.29 is 14.3 Å². The molecular weight excluding hydrogens is 369 g/mol. The van der Waals surface area contributed by atoms with E-state index >= 15 is 0 Å². The highest BCUT2D eigenvalue weighted by Gasteiger charge is 2.19. The largest absolute Gasteiger partial charge is 0.479 e. The summed E-state index contributed by atoms with van der Waals surface area (Å²) in [5.41, 5.74) is 0.905. The standard InChI is InChI=1S/C15H16INO3/c1-3-14(15(18)19-4-2)20-12-5-6-13-10(8-12)7-11(16)9-17-13/h5-9,14H,3-4H2,1-2H3. The molecule has 0 bridgehead atoms. The Hall–Kier alpha value is -1.37. The molecule has 0 N–H and O–H groups in total. The molecule has 1 aromatic heterocycles. The Kier molecular flexibility index (Phi) is 5.17. The van der Waals surface area contributed by atoms with Crippen molar-refractivity contribution in [3.8, 4) is 5.75 Å². The third-order valence-corrected chi connectivity index (χ3v) is 3.41. The number of halogens is 1. The number of nitrogens with zero attached hydrogens (tertiary/aromatic N) is 1. The van der Waals surface area contributed by atoms with E-state index in [2.05, 4.69) is 27.6 Å². The van der Waals surface area contributed by atoms with Crippen LogP contribution in [0.5, 0.6) is 5.75 Å². The van der Waals surface area contributed by atoms with Gasteiger partial charge in [0.2, 0.25) is 0 Å². The second kappa shape index (κ2) is 6.88. The first-order chi connectivity index (χ1) is 9.63. The van der Waals surface area contributed by atoms with Gasteiger partial charge in [0.15, 0.2) is 6.10 Å². The van der Waals surface area contributed by atoms with Gasteiger partial charge in [0.1, 0.15) is 5.75 Å². The van der Waals surface area contributed by atoms with E-state index in [9.17, 15) is 4.79 Å². The van der Waals surface area contributed by atoms with Crippen LogP contribution in [0.1, 0.15) is 20.3 Å². The maximum atomic E-state index is 11.7. The van der Waals surface area contributed by atoms with Crippen molar-refractivity contribution in [2.45, 2.75) is 26.4 Å². The molecule has 0 aliphatic carbocycles.